The molecule has 82 valence electrons. The summed E-state index contributed by atoms with van der Waals surface area (Å²) in [6.07, 6.45) is 2.39. The van der Waals surface area contributed by atoms with Crippen molar-refractivity contribution in [2.75, 3.05) is 20.7 Å². The predicted molar refractivity (Wildman–Crippen MR) is 59.8 cm³/mol. The summed E-state index contributed by atoms with van der Waals surface area (Å²) in [5.74, 6) is 1.45. The molecular weight excluding hydrogens is 166 g/mol. The van der Waals surface area contributed by atoms with Crippen molar-refractivity contribution >= 4 is 5.96 Å². The summed E-state index contributed by atoms with van der Waals surface area (Å²) in [5, 5.41) is 3.14. The van der Waals surface area contributed by atoms with Gasteiger partial charge in [-0.05, 0) is 18.8 Å². The second-order valence-corrected chi connectivity index (χ2v) is 3.34. The average molecular weight is 191 g/mol. The van der Waals surface area contributed by atoms with Crippen molar-refractivity contribution in [3.05, 3.63) is 0 Å². The minimum Gasteiger partial charge on any atom is -0.355 e. The summed E-state index contributed by atoms with van der Waals surface area (Å²) in [7, 11) is 3.29. The van der Waals surface area contributed by atoms with E-state index in [1.165, 1.54) is 6.42 Å². The summed E-state index contributed by atoms with van der Waals surface area (Å²) >= 11 is 0. The minimum atomic E-state index is 0. The van der Waals surface area contributed by atoms with E-state index >= 15 is 0 Å². The summed E-state index contributed by atoms with van der Waals surface area (Å²) in [6.45, 7) is 5.38. The number of nitrogens with one attached hydrogen (secondary N) is 2. The number of guanidine groups is 1. The first-order valence-corrected chi connectivity index (χ1v) is 4.70. The van der Waals surface area contributed by atoms with Gasteiger partial charge in [-0.25, -0.2) is 5.48 Å². The first kappa shape index (κ1) is 12.2. The molecule has 0 aromatic carbocycles. The first-order chi connectivity index (χ1) is 6.20. The normalized spacial score (nSPS) is 11.9. The van der Waals surface area contributed by atoms with E-state index in [0.717, 1.165) is 18.9 Å². The molecule has 0 radical (unpaired) electrons. The third-order valence-corrected chi connectivity index (χ3v) is 1.67. The Hall–Kier alpha value is -0.770. The van der Waals surface area contributed by atoms with Crippen LogP contribution in [0.3, 0.4) is 0 Å². The van der Waals surface area contributed by atoms with Crippen LogP contribution in [0.1, 0.15) is 29.5 Å². The van der Waals surface area contributed by atoms with E-state index in [1.807, 2.05) is 0 Å². The number of aliphatic imine (C=N–C) groups is 1. The van der Waals surface area contributed by atoms with Gasteiger partial charge in [0, 0.05) is 16.4 Å². The third-order valence-electron chi connectivity index (χ3n) is 1.67. The summed E-state index contributed by atoms with van der Waals surface area (Å²) in [6, 6.07) is 0. The zero-order chi connectivity index (χ0) is 10.1. The molecule has 2 N–H and O–H groups in total. The molecule has 0 bridgehead atoms. The molecule has 0 fully saturated rings. The maximum Gasteiger partial charge on any atom is 0.215 e. The molecule has 0 spiro atoms. The standard InChI is InChI=1S/C9H21N3O.2H2/c1-8(2)6-5-7-11-9(10-3)12-13-4;;/h8H,5-7H2,1-4H3,(H2,10,11,12);2*1H. The molecule has 4 nitrogen and oxygen atoms in total. The largest absolute Gasteiger partial charge is 0.355 e. The molecule has 13 heavy (non-hydrogen) atoms. The van der Waals surface area contributed by atoms with Crippen LogP contribution in [-0.2, 0) is 4.84 Å². The van der Waals surface area contributed by atoms with Crippen LogP contribution in [0.2, 0.25) is 0 Å². The molecule has 0 rings (SSSR count). The van der Waals surface area contributed by atoms with Gasteiger partial charge in [0.15, 0.2) is 0 Å². The Balaban J connectivity index is -0.000000720. The fraction of sp³-hybridized carbons (Fsp3) is 0.889. The van der Waals surface area contributed by atoms with Crippen molar-refractivity contribution < 1.29 is 7.69 Å². The van der Waals surface area contributed by atoms with Gasteiger partial charge < -0.3 is 5.32 Å². The molecule has 0 saturated heterocycles. The maximum absolute atomic E-state index is 4.73. The zero-order valence-corrected chi connectivity index (χ0v) is 9.05. The molecule has 0 atom stereocenters. The second-order valence-electron chi connectivity index (χ2n) is 3.34. The quantitative estimate of drug-likeness (QED) is 0.300. The van der Waals surface area contributed by atoms with Crippen LogP contribution in [0.4, 0.5) is 0 Å². The van der Waals surface area contributed by atoms with Crippen molar-refractivity contribution in [3.63, 3.8) is 0 Å². The Morgan fingerprint density at radius 1 is 1.54 bits per heavy atom. The highest BCUT2D eigenvalue weighted by Gasteiger charge is 1.96. The van der Waals surface area contributed by atoms with Crippen molar-refractivity contribution in [3.8, 4) is 0 Å². The smallest absolute Gasteiger partial charge is 0.215 e. The Bertz CT molecular complexity index is 154. The van der Waals surface area contributed by atoms with E-state index in [0.29, 0.717) is 5.96 Å². The molecular formula is C9H25N3O. The summed E-state index contributed by atoms with van der Waals surface area (Å²) < 4.78 is 0. The van der Waals surface area contributed by atoms with Gasteiger partial charge in [-0.15, -0.1) is 0 Å². The van der Waals surface area contributed by atoms with E-state index < -0.39 is 0 Å². The van der Waals surface area contributed by atoms with Crippen LogP contribution >= 0.6 is 0 Å². The summed E-state index contributed by atoms with van der Waals surface area (Å²) in [5.41, 5.74) is 2.66. The van der Waals surface area contributed by atoms with Crippen molar-refractivity contribution in [1.29, 1.82) is 0 Å². The number of rotatable bonds is 5. The Kier molecular flexibility index (Phi) is 7.39. The van der Waals surface area contributed by atoms with Gasteiger partial charge in [0.2, 0.25) is 5.96 Å². The molecule has 0 aliphatic heterocycles. The maximum atomic E-state index is 4.73. The van der Waals surface area contributed by atoms with Crippen molar-refractivity contribution in [2.45, 2.75) is 26.7 Å². The van der Waals surface area contributed by atoms with E-state index in [9.17, 15) is 0 Å². The topological polar surface area (TPSA) is 45.7 Å². The third kappa shape index (κ3) is 7.59. The fourth-order valence-electron chi connectivity index (χ4n) is 0.975. The van der Waals surface area contributed by atoms with Gasteiger partial charge in [-0.3, -0.25) is 9.83 Å². The number of hydrogen-bond donors (Lipinski definition) is 2. The summed E-state index contributed by atoms with van der Waals surface area (Å²) in [4.78, 5) is 8.69. The lowest BCUT2D eigenvalue weighted by molar-refractivity contribution is 0.141. The van der Waals surface area contributed by atoms with Gasteiger partial charge >= 0.3 is 0 Å². The van der Waals surface area contributed by atoms with Crippen molar-refractivity contribution in [1.82, 2.24) is 10.8 Å². The Morgan fingerprint density at radius 2 is 2.23 bits per heavy atom. The molecule has 4 heteroatoms. The second kappa shape index (κ2) is 7.86. The SMILES string of the molecule is CN=C(NCCCC(C)C)NOC.[HH].[HH]. The Labute approximate surface area is 83.7 Å². The molecule has 0 amide bonds. The molecule has 0 unspecified atom stereocenters. The predicted octanol–water partition coefficient (Wildman–Crippen LogP) is 1.64. The zero-order valence-electron chi connectivity index (χ0n) is 9.05. The van der Waals surface area contributed by atoms with Gasteiger partial charge in [0.1, 0.15) is 0 Å². The number of hydrogen-bond acceptors (Lipinski definition) is 2. The highest BCUT2D eigenvalue weighted by Crippen LogP contribution is 2.01. The molecule has 0 saturated carbocycles. The van der Waals surface area contributed by atoms with Gasteiger partial charge in [-0.1, -0.05) is 13.8 Å². The van der Waals surface area contributed by atoms with Gasteiger partial charge in [0.05, 0.1) is 7.11 Å². The minimum absolute atomic E-state index is 0. The first-order valence-electron chi connectivity index (χ1n) is 4.70. The van der Waals surface area contributed by atoms with E-state index in [4.69, 9.17) is 4.84 Å². The van der Waals surface area contributed by atoms with Gasteiger partial charge in [-0.2, -0.15) is 0 Å². The van der Waals surface area contributed by atoms with Crippen LogP contribution in [0, 0.1) is 5.92 Å². The molecule has 0 aliphatic rings. The van der Waals surface area contributed by atoms with Crippen LogP contribution in [0.25, 0.3) is 0 Å². The van der Waals surface area contributed by atoms with Crippen LogP contribution in [-0.4, -0.2) is 26.7 Å². The van der Waals surface area contributed by atoms with E-state index in [-0.39, 0.29) is 2.85 Å². The lowest BCUT2D eigenvalue weighted by Gasteiger charge is -2.10. The number of hydroxylamine groups is 1. The lowest BCUT2D eigenvalue weighted by Crippen LogP contribution is -2.37. The van der Waals surface area contributed by atoms with E-state index in [2.05, 4.69) is 29.6 Å². The van der Waals surface area contributed by atoms with Crippen molar-refractivity contribution in [2.24, 2.45) is 10.9 Å². The monoisotopic (exact) mass is 191 g/mol. The van der Waals surface area contributed by atoms with E-state index in [1.54, 1.807) is 14.2 Å². The lowest BCUT2D eigenvalue weighted by atomic mass is 10.1. The van der Waals surface area contributed by atoms with Crippen LogP contribution < -0.4 is 10.8 Å². The molecule has 0 heterocycles. The van der Waals surface area contributed by atoms with Crippen LogP contribution in [0.15, 0.2) is 4.99 Å². The average Bonchev–Trinajstić information content (AvgIpc) is 2.10. The number of nitrogens with zero attached hydrogens (tertiary/aromatic N) is 1. The molecule has 0 aromatic rings. The van der Waals surface area contributed by atoms with Crippen LogP contribution in [0.5, 0.6) is 0 Å². The highest BCUT2D eigenvalue weighted by atomic mass is 16.6. The Morgan fingerprint density at radius 3 is 2.69 bits per heavy atom. The molecule has 0 aromatic heterocycles. The van der Waals surface area contributed by atoms with Gasteiger partial charge in [0.25, 0.3) is 0 Å². The molecule has 0 aliphatic carbocycles. The fourth-order valence-corrected chi connectivity index (χ4v) is 0.975. The highest BCUT2D eigenvalue weighted by molar-refractivity contribution is 5.78.